The maximum absolute atomic E-state index is 12.9. The Morgan fingerprint density at radius 2 is 1.36 bits per heavy atom. The number of hydrogen-bond donors (Lipinski definition) is 5. The maximum atomic E-state index is 12.9. The van der Waals surface area contributed by atoms with Gasteiger partial charge in [0.25, 0.3) is 11.1 Å². The Bertz CT molecular complexity index is 2770. The number of H-pyrrole nitrogens is 1. The van der Waals surface area contributed by atoms with E-state index in [9.17, 15) is 9.59 Å². The Kier molecular flexibility index (Phi) is 14.3. The molecule has 0 amide bonds. The van der Waals surface area contributed by atoms with Crippen molar-refractivity contribution >= 4 is 45.1 Å². The van der Waals surface area contributed by atoms with Gasteiger partial charge >= 0.3 is 34.7 Å². The van der Waals surface area contributed by atoms with Crippen LogP contribution in [0.25, 0.3) is 22.3 Å². The van der Waals surface area contributed by atoms with Crippen molar-refractivity contribution in [2.24, 2.45) is 30.0 Å². The van der Waals surface area contributed by atoms with E-state index in [1.54, 1.807) is 15.6 Å². The van der Waals surface area contributed by atoms with E-state index in [1.807, 2.05) is 153 Å². The van der Waals surface area contributed by atoms with Gasteiger partial charge in [0.2, 0.25) is 0 Å². The van der Waals surface area contributed by atoms with Crippen LogP contribution in [0.4, 0.5) is 11.4 Å². The molecule has 2 atom stereocenters. The minimum absolute atomic E-state index is 0.0615. The molecule has 3 aromatic heterocycles. The quantitative estimate of drug-likeness (QED) is 0.108. The van der Waals surface area contributed by atoms with Crippen LogP contribution in [0, 0.1) is 19.8 Å². The standard InChI is InChI=1S/C20H20N4O.C20H18N4O.H2O4S.H2O.O.V/c2*1-14-19(20(25)24(23(14)2)16-8-4-3-5-9-16)22-13-15-12-21-18-11-7-6-10-17(15)18;1-5(2,3)4;;;/h3-13,17-18,22H,1-2H3;3-13,21H,1-2H3;(H2,1,2,3,4);1H2;;/q;;;;;+1/p-1/b15-13-;;;;;. The average Bonchev–Trinajstić information content (AvgIpc) is 3.92. The molecule has 6 aromatic rings. The molecule has 16 nitrogen and oxygen atoms in total. The summed E-state index contributed by atoms with van der Waals surface area (Å²) in [6, 6.07) is 27.4. The summed E-state index contributed by atoms with van der Waals surface area (Å²) in [7, 11) is -0.905. The Hall–Kier alpha value is -6.21. The first-order valence-corrected chi connectivity index (χ1v) is 20.1. The molecule has 5 N–H and O–H groups in total. The zero-order valence-electron chi connectivity index (χ0n) is 31.8. The van der Waals surface area contributed by atoms with Gasteiger partial charge in [-0.15, -0.1) is 0 Å². The predicted octanol–water partition coefficient (Wildman–Crippen LogP) is 5.36. The van der Waals surface area contributed by atoms with E-state index in [1.165, 1.54) is 0 Å². The van der Waals surface area contributed by atoms with Crippen LogP contribution in [0.5, 0.6) is 0 Å². The van der Waals surface area contributed by atoms with E-state index >= 15 is 0 Å². The Morgan fingerprint density at radius 3 is 1.98 bits per heavy atom. The molecule has 58 heavy (non-hydrogen) atoms. The molecule has 2 aliphatic rings. The molecule has 0 spiro atoms. The van der Waals surface area contributed by atoms with Gasteiger partial charge in [0.05, 0.1) is 28.8 Å². The average molecular weight is 845 g/mol. The fourth-order valence-corrected chi connectivity index (χ4v) is 6.37. The van der Waals surface area contributed by atoms with E-state index in [0.29, 0.717) is 11.4 Å². The molecule has 0 saturated heterocycles. The second kappa shape index (κ2) is 19.3. The van der Waals surface area contributed by atoms with Crippen molar-refractivity contribution in [3.8, 4) is 11.4 Å². The van der Waals surface area contributed by atoms with Gasteiger partial charge in [0.1, 0.15) is 5.69 Å². The van der Waals surface area contributed by atoms with Crippen molar-refractivity contribution in [3.63, 3.8) is 0 Å². The number of hydrogen-bond acceptors (Lipinski definition) is 8. The van der Waals surface area contributed by atoms with Gasteiger partial charge in [0.15, 0.2) is 5.69 Å². The monoisotopic (exact) mass is 844 g/mol. The number of para-hydroxylation sites is 3. The van der Waals surface area contributed by atoms with Crippen molar-refractivity contribution in [2.45, 2.75) is 19.9 Å². The molecule has 1 aliphatic carbocycles. The molecule has 8 rings (SSSR count). The SMILES string of the molecule is Cc1c(N/C=C2/C=NC3C=CC=CC23)c(=O)n(-c2ccccc2)n1C.Cc1c(N=Cc2c[nH]c3ccccc23)c(=O)n(-c2ccccc2)n1C.O=S(=O)(O)O.[O]=[V][OH]. The van der Waals surface area contributed by atoms with Crippen molar-refractivity contribution in [2.75, 3.05) is 5.32 Å². The summed E-state index contributed by atoms with van der Waals surface area (Å²) in [6.45, 7) is 3.85. The van der Waals surface area contributed by atoms with Crippen LogP contribution in [-0.2, 0) is 44.8 Å². The van der Waals surface area contributed by atoms with Gasteiger partial charge in [-0.2, -0.15) is 8.42 Å². The topological polar surface area (TPSA) is 218 Å². The molecule has 0 bridgehead atoms. The Labute approximate surface area is 340 Å². The van der Waals surface area contributed by atoms with Crippen LogP contribution in [0.15, 0.2) is 147 Å². The van der Waals surface area contributed by atoms with Crippen LogP contribution in [0.2, 0.25) is 0 Å². The molecule has 1 aliphatic heterocycles. The molecule has 2 unspecified atom stereocenters. The second-order valence-corrected chi connectivity index (χ2v) is 13.9. The third-order valence-corrected chi connectivity index (χ3v) is 9.30. The van der Waals surface area contributed by atoms with Crippen molar-refractivity contribution in [1.29, 1.82) is 0 Å². The second-order valence-electron chi connectivity index (χ2n) is 12.8. The predicted molar refractivity (Wildman–Crippen MR) is 220 cm³/mol. The van der Waals surface area contributed by atoms with E-state index in [-0.39, 0.29) is 23.1 Å². The van der Waals surface area contributed by atoms with E-state index in [0.717, 1.165) is 44.8 Å². The van der Waals surface area contributed by atoms with E-state index in [4.69, 9.17) is 25.2 Å². The van der Waals surface area contributed by atoms with Crippen LogP contribution in [0.1, 0.15) is 17.0 Å². The van der Waals surface area contributed by atoms with Gasteiger partial charge in [0, 0.05) is 61.3 Å². The number of rotatable bonds is 6. The number of fused-ring (bicyclic) bond motifs is 2. The molecule has 0 fully saturated rings. The first kappa shape index (κ1) is 42.9. The number of anilines is 1. The van der Waals surface area contributed by atoms with Crippen molar-refractivity contribution < 1.29 is 41.8 Å². The molecule has 18 heteroatoms. The van der Waals surface area contributed by atoms with E-state index in [2.05, 4.69) is 32.4 Å². The number of benzene rings is 3. The van der Waals surface area contributed by atoms with E-state index < -0.39 is 27.0 Å². The Balaban J connectivity index is 0.000000187. The number of nitrogens with one attached hydrogen (secondary N) is 2. The summed E-state index contributed by atoms with van der Waals surface area (Å²) >= 11 is -1.56. The van der Waals surface area contributed by atoms with Crippen molar-refractivity contribution in [1.82, 2.24) is 23.7 Å². The third-order valence-electron chi connectivity index (χ3n) is 9.30. The fraction of sp³-hybridized carbons (Fsp3) is 0.150. The molecule has 4 heterocycles. The Morgan fingerprint density at radius 1 is 0.828 bits per heavy atom. The summed E-state index contributed by atoms with van der Waals surface area (Å²) in [5.74, 6) is 0.248. The fourth-order valence-electron chi connectivity index (χ4n) is 6.37. The summed E-state index contributed by atoms with van der Waals surface area (Å²) in [4.78, 5) is 38.0. The van der Waals surface area contributed by atoms with Crippen LogP contribution in [0.3, 0.4) is 0 Å². The summed E-state index contributed by atoms with van der Waals surface area (Å²) in [6.07, 6.45) is 15.7. The zero-order chi connectivity index (χ0) is 42.0. The zero-order valence-corrected chi connectivity index (χ0v) is 34.0. The normalized spacial score (nSPS) is 15.9. The number of aromatic amines is 1. The number of aliphatic imine (C=N–C) groups is 2. The van der Waals surface area contributed by atoms with Crippen LogP contribution < -0.4 is 16.4 Å². The van der Waals surface area contributed by atoms with Gasteiger partial charge in [-0.1, -0.05) is 78.9 Å². The van der Waals surface area contributed by atoms with Gasteiger partial charge in [-0.3, -0.25) is 33.1 Å². The van der Waals surface area contributed by atoms with Gasteiger partial charge in [-0.25, -0.2) is 14.4 Å². The molecule has 0 saturated carbocycles. The third kappa shape index (κ3) is 10.2. The first-order chi connectivity index (χ1) is 27.7. The molecular formula is C40H41N8O8SV. The summed E-state index contributed by atoms with van der Waals surface area (Å²) in [5, 5.41) is 4.31. The summed E-state index contributed by atoms with van der Waals surface area (Å²) in [5.41, 5.74) is 7.34. The first-order valence-electron chi connectivity index (χ1n) is 17.5. The number of allylic oxidation sites excluding steroid dienone is 2. The minimum atomic E-state index is -4.67. The van der Waals surface area contributed by atoms with Crippen molar-refractivity contribution in [3.05, 3.63) is 165 Å². The summed E-state index contributed by atoms with van der Waals surface area (Å²) < 4.78 is 54.3. The van der Waals surface area contributed by atoms with Gasteiger partial charge < -0.3 is 10.3 Å². The molecule has 0 radical (unpaired) electrons. The number of nitrogens with zero attached hydrogens (tertiary/aromatic N) is 6. The number of aromatic nitrogens is 5. The van der Waals surface area contributed by atoms with Crippen LogP contribution >= 0.6 is 0 Å². The van der Waals surface area contributed by atoms with Gasteiger partial charge in [-0.05, 0) is 49.8 Å². The molecule has 300 valence electrons. The molecular weight excluding hydrogens is 803 g/mol. The van der Waals surface area contributed by atoms with Crippen LogP contribution in [-0.4, -0.2) is 63.7 Å². The molecule has 3 aromatic carbocycles.